The van der Waals surface area contributed by atoms with Crippen LogP contribution in [0.3, 0.4) is 0 Å². The minimum absolute atomic E-state index is 0.200. The van der Waals surface area contributed by atoms with Gasteiger partial charge in [-0.3, -0.25) is 4.79 Å². The molecule has 0 amide bonds. The molecule has 0 spiro atoms. The summed E-state index contributed by atoms with van der Waals surface area (Å²) >= 11 is 0. The van der Waals surface area contributed by atoms with E-state index in [0.29, 0.717) is 43.7 Å². The highest BCUT2D eigenvalue weighted by Gasteiger charge is 2.48. The summed E-state index contributed by atoms with van der Waals surface area (Å²) in [4.78, 5) is 10.6. The maximum Gasteiger partial charge on any atom is 0.303 e. The average Bonchev–Trinajstić information content (AvgIpc) is 3.40. The summed E-state index contributed by atoms with van der Waals surface area (Å²) < 4.78 is 18.2. The van der Waals surface area contributed by atoms with E-state index < -0.39 is 5.97 Å². The molecule has 5 heteroatoms. The van der Waals surface area contributed by atoms with Gasteiger partial charge in [-0.1, -0.05) is 42.5 Å². The molecule has 0 saturated carbocycles. The number of hydrogen-bond acceptors (Lipinski definition) is 4. The van der Waals surface area contributed by atoms with E-state index in [1.807, 2.05) is 18.2 Å². The summed E-state index contributed by atoms with van der Waals surface area (Å²) in [5.41, 5.74) is 2.49. The van der Waals surface area contributed by atoms with E-state index in [4.69, 9.17) is 19.3 Å². The van der Waals surface area contributed by atoms with Crippen LogP contribution in [0.4, 0.5) is 0 Å². The number of fused-ring (bicyclic) bond motifs is 2. The number of aryl methyl sites for hydroxylation is 1. The summed E-state index contributed by atoms with van der Waals surface area (Å²) in [5, 5.41) is 8.72. The number of rotatable bonds is 13. The maximum absolute atomic E-state index is 10.6. The summed E-state index contributed by atoms with van der Waals surface area (Å²) in [7, 11) is 0. The average molecular weight is 439 g/mol. The van der Waals surface area contributed by atoms with Crippen molar-refractivity contribution in [3.63, 3.8) is 0 Å². The van der Waals surface area contributed by atoms with Gasteiger partial charge in [-0.25, -0.2) is 0 Å². The normalized spacial score (nSPS) is 24.0. The fourth-order valence-corrected chi connectivity index (χ4v) is 5.08. The van der Waals surface area contributed by atoms with Gasteiger partial charge < -0.3 is 19.3 Å². The fraction of sp³-hybridized carbons (Fsp3) is 0.519. The third-order valence-corrected chi connectivity index (χ3v) is 6.73. The summed E-state index contributed by atoms with van der Waals surface area (Å²) in [6.07, 6.45) is 6.75. The lowest BCUT2D eigenvalue weighted by Crippen LogP contribution is -2.31. The van der Waals surface area contributed by atoms with Crippen molar-refractivity contribution in [2.75, 3.05) is 13.2 Å². The molecule has 0 radical (unpaired) electrons. The second kappa shape index (κ2) is 11.5. The zero-order valence-electron chi connectivity index (χ0n) is 18.7. The molecule has 0 unspecified atom stereocenters. The maximum atomic E-state index is 10.6. The molecule has 2 bridgehead atoms. The molecule has 32 heavy (non-hydrogen) atoms. The van der Waals surface area contributed by atoms with Crippen LogP contribution in [0.25, 0.3) is 0 Å². The third-order valence-electron chi connectivity index (χ3n) is 6.73. The van der Waals surface area contributed by atoms with E-state index in [9.17, 15) is 4.79 Å². The van der Waals surface area contributed by atoms with Crippen LogP contribution in [0.15, 0.2) is 54.6 Å². The highest BCUT2D eigenvalue weighted by Crippen LogP contribution is 2.45. The third kappa shape index (κ3) is 6.33. The van der Waals surface area contributed by atoms with Crippen molar-refractivity contribution in [2.24, 2.45) is 11.8 Å². The van der Waals surface area contributed by atoms with Gasteiger partial charge in [0.1, 0.15) is 5.75 Å². The molecule has 2 fully saturated rings. The van der Waals surface area contributed by atoms with Crippen LogP contribution in [-0.4, -0.2) is 36.5 Å². The van der Waals surface area contributed by atoms with Crippen molar-refractivity contribution < 1.29 is 24.1 Å². The standard InChI is InChI=1S/C27H34O5/c28-27(29)11-4-5-16-31-22-10-6-9-20(17-22)12-13-23-24(26-15-14-25(23)32-26)19-30-18-21-7-2-1-3-8-21/h1-3,6-10,17,23-26H,4-5,11-16,18-19H2,(H,28,29)/t23-,24+,25-,26+/m0/s1. The van der Waals surface area contributed by atoms with E-state index in [-0.39, 0.29) is 6.42 Å². The van der Waals surface area contributed by atoms with Gasteiger partial charge in [0.15, 0.2) is 0 Å². The molecule has 2 aliphatic heterocycles. The number of aliphatic carboxylic acids is 1. The SMILES string of the molecule is O=C(O)CCCCOc1cccc(CC[C@H]2[C@@H](COCc3ccccc3)[C@H]3CC[C@@H]2O3)c1. The first kappa shape index (κ1) is 22.8. The molecular weight excluding hydrogens is 404 g/mol. The Kier molecular flexibility index (Phi) is 8.18. The minimum atomic E-state index is -0.750. The topological polar surface area (TPSA) is 65.0 Å². The van der Waals surface area contributed by atoms with Gasteiger partial charge in [-0.15, -0.1) is 0 Å². The molecule has 2 aromatic rings. The molecule has 2 aliphatic rings. The second-order valence-corrected chi connectivity index (χ2v) is 9.00. The number of carboxylic acid groups (broad SMARTS) is 1. The largest absolute Gasteiger partial charge is 0.494 e. The lowest BCUT2D eigenvalue weighted by atomic mass is 9.77. The smallest absolute Gasteiger partial charge is 0.303 e. The molecule has 2 heterocycles. The Labute approximate surface area is 190 Å². The van der Waals surface area contributed by atoms with Gasteiger partial charge >= 0.3 is 5.97 Å². The van der Waals surface area contributed by atoms with Crippen LogP contribution in [0.1, 0.15) is 49.7 Å². The summed E-state index contributed by atoms with van der Waals surface area (Å²) in [5.74, 6) is 1.14. The van der Waals surface area contributed by atoms with Crippen molar-refractivity contribution in [3.8, 4) is 5.75 Å². The van der Waals surface area contributed by atoms with E-state index in [1.54, 1.807) is 0 Å². The van der Waals surface area contributed by atoms with Crippen LogP contribution in [-0.2, 0) is 27.3 Å². The lowest BCUT2D eigenvalue weighted by molar-refractivity contribution is -0.137. The van der Waals surface area contributed by atoms with Gasteiger partial charge in [-0.05, 0) is 67.7 Å². The number of ether oxygens (including phenoxy) is 3. The Morgan fingerprint density at radius 2 is 1.75 bits per heavy atom. The minimum Gasteiger partial charge on any atom is -0.494 e. The Morgan fingerprint density at radius 1 is 0.969 bits per heavy atom. The van der Waals surface area contributed by atoms with Gasteiger partial charge in [0, 0.05) is 12.3 Å². The van der Waals surface area contributed by atoms with Gasteiger partial charge in [0.2, 0.25) is 0 Å². The van der Waals surface area contributed by atoms with Gasteiger partial charge in [0.25, 0.3) is 0 Å². The molecule has 0 aromatic heterocycles. The highest BCUT2D eigenvalue weighted by molar-refractivity contribution is 5.66. The molecular formula is C27H34O5. The van der Waals surface area contributed by atoms with E-state index >= 15 is 0 Å². The first-order valence-corrected chi connectivity index (χ1v) is 11.9. The van der Waals surface area contributed by atoms with Crippen LogP contribution in [0, 0.1) is 11.8 Å². The number of benzene rings is 2. The Hall–Kier alpha value is -2.37. The highest BCUT2D eigenvalue weighted by atomic mass is 16.5. The summed E-state index contributed by atoms with van der Waals surface area (Å²) in [6.45, 7) is 1.98. The number of carbonyl (C=O) groups is 1. The Bertz CT molecular complexity index is 852. The van der Waals surface area contributed by atoms with Crippen LogP contribution >= 0.6 is 0 Å². The molecule has 5 nitrogen and oxygen atoms in total. The summed E-state index contributed by atoms with van der Waals surface area (Å²) in [6, 6.07) is 18.6. The molecule has 1 N–H and O–H groups in total. The predicted molar refractivity (Wildman–Crippen MR) is 123 cm³/mol. The van der Waals surface area contributed by atoms with Gasteiger partial charge in [0.05, 0.1) is 32.0 Å². The number of unbranched alkanes of at least 4 members (excludes halogenated alkanes) is 1. The first-order valence-electron chi connectivity index (χ1n) is 11.9. The Balaban J connectivity index is 1.24. The second-order valence-electron chi connectivity index (χ2n) is 9.00. The van der Waals surface area contributed by atoms with Gasteiger partial charge in [-0.2, -0.15) is 0 Å². The van der Waals surface area contributed by atoms with Crippen molar-refractivity contribution in [3.05, 3.63) is 65.7 Å². The quantitative estimate of drug-likeness (QED) is 0.432. The monoisotopic (exact) mass is 438 g/mol. The van der Waals surface area contributed by atoms with Crippen LogP contribution in [0.5, 0.6) is 5.75 Å². The molecule has 4 atom stereocenters. The van der Waals surface area contributed by atoms with Crippen molar-refractivity contribution in [1.82, 2.24) is 0 Å². The van der Waals surface area contributed by atoms with Crippen molar-refractivity contribution >= 4 is 5.97 Å². The molecule has 0 aliphatic carbocycles. The number of carboxylic acids is 1. The molecule has 2 saturated heterocycles. The lowest BCUT2D eigenvalue weighted by Gasteiger charge is -2.28. The first-order chi connectivity index (χ1) is 15.7. The molecule has 172 valence electrons. The molecule has 2 aromatic carbocycles. The zero-order chi connectivity index (χ0) is 22.2. The fourth-order valence-electron chi connectivity index (χ4n) is 5.08. The molecule has 4 rings (SSSR count). The van der Waals surface area contributed by atoms with Crippen LogP contribution in [0.2, 0.25) is 0 Å². The Morgan fingerprint density at radius 3 is 2.56 bits per heavy atom. The van der Waals surface area contributed by atoms with E-state index in [0.717, 1.165) is 38.0 Å². The van der Waals surface area contributed by atoms with Crippen LogP contribution < -0.4 is 4.74 Å². The zero-order valence-corrected chi connectivity index (χ0v) is 18.7. The van der Waals surface area contributed by atoms with Crippen molar-refractivity contribution in [1.29, 1.82) is 0 Å². The van der Waals surface area contributed by atoms with Crippen molar-refractivity contribution in [2.45, 2.75) is 63.8 Å². The van der Waals surface area contributed by atoms with E-state index in [2.05, 4.69) is 36.4 Å². The predicted octanol–water partition coefficient (Wildman–Crippen LogP) is 5.26. The number of hydrogen-bond donors (Lipinski definition) is 1. The van der Waals surface area contributed by atoms with E-state index in [1.165, 1.54) is 17.5 Å².